The molecule has 0 atom stereocenters. The molecule has 0 saturated heterocycles. The SMILES string of the molecule is Cc1nc(C)c(C(=O)N(C)c2ccc(C(N)=S)cc2)o1. The van der Waals surface area contributed by atoms with Crippen LogP contribution in [-0.4, -0.2) is 22.9 Å². The number of nitrogens with two attached hydrogens (primary N) is 1. The van der Waals surface area contributed by atoms with Crippen molar-refractivity contribution >= 4 is 28.8 Å². The van der Waals surface area contributed by atoms with Gasteiger partial charge in [0.05, 0.1) is 5.69 Å². The van der Waals surface area contributed by atoms with E-state index in [2.05, 4.69) is 4.98 Å². The number of anilines is 1. The number of carbonyl (C=O) groups is 1. The van der Waals surface area contributed by atoms with Gasteiger partial charge in [0.1, 0.15) is 4.99 Å². The van der Waals surface area contributed by atoms with Gasteiger partial charge in [-0.1, -0.05) is 12.2 Å². The number of aromatic nitrogens is 1. The zero-order valence-electron chi connectivity index (χ0n) is 11.5. The molecular weight excluding hydrogens is 274 g/mol. The highest BCUT2D eigenvalue weighted by Crippen LogP contribution is 2.19. The second-order valence-electron chi connectivity index (χ2n) is 4.42. The van der Waals surface area contributed by atoms with Crippen LogP contribution >= 0.6 is 12.2 Å². The van der Waals surface area contributed by atoms with Gasteiger partial charge in [-0.25, -0.2) is 4.98 Å². The minimum Gasteiger partial charge on any atom is -0.436 e. The van der Waals surface area contributed by atoms with Crippen molar-refractivity contribution in [3.05, 3.63) is 47.2 Å². The van der Waals surface area contributed by atoms with Crippen LogP contribution in [-0.2, 0) is 0 Å². The quantitative estimate of drug-likeness (QED) is 0.877. The van der Waals surface area contributed by atoms with Gasteiger partial charge in [-0.3, -0.25) is 4.79 Å². The molecule has 0 unspecified atom stereocenters. The molecular formula is C14H15N3O2S. The summed E-state index contributed by atoms with van der Waals surface area (Å²) in [5, 5.41) is 0. The number of rotatable bonds is 3. The molecule has 5 nitrogen and oxygen atoms in total. The predicted octanol–water partition coefficient (Wildman–Crippen LogP) is 2.20. The van der Waals surface area contributed by atoms with Gasteiger partial charge in [0.25, 0.3) is 5.91 Å². The normalized spacial score (nSPS) is 10.3. The number of hydrogen-bond acceptors (Lipinski definition) is 4. The van der Waals surface area contributed by atoms with E-state index in [1.165, 1.54) is 4.90 Å². The van der Waals surface area contributed by atoms with Crippen molar-refractivity contribution < 1.29 is 9.21 Å². The lowest BCUT2D eigenvalue weighted by atomic mass is 10.2. The predicted molar refractivity (Wildman–Crippen MR) is 81.0 cm³/mol. The van der Waals surface area contributed by atoms with Crippen molar-refractivity contribution in [3.8, 4) is 0 Å². The minimum absolute atomic E-state index is 0.244. The van der Waals surface area contributed by atoms with Crippen LogP contribution in [0, 0.1) is 13.8 Å². The molecule has 20 heavy (non-hydrogen) atoms. The number of carbonyl (C=O) groups excluding carboxylic acids is 1. The summed E-state index contributed by atoms with van der Waals surface area (Å²) in [6.45, 7) is 3.45. The lowest BCUT2D eigenvalue weighted by Gasteiger charge is -2.16. The Labute approximate surface area is 122 Å². The van der Waals surface area contributed by atoms with E-state index in [4.69, 9.17) is 22.4 Å². The summed E-state index contributed by atoms with van der Waals surface area (Å²) in [4.78, 5) is 18.3. The third-order valence-corrected chi connectivity index (χ3v) is 3.18. The zero-order chi connectivity index (χ0) is 14.9. The number of amides is 1. The average Bonchev–Trinajstić information content (AvgIpc) is 2.76. The second-order valence-corrected chi connectivity index (χ2v) is 4.86. The molecule has 0 radical (unpaired) electrons. The fourth-order valence-corrected chi connectivity index (χ4v) is 1.98. The Hall–Kier alpha value is -2.21. The number of oxazole rings is 1. The van der Waals surface area contributed by atoms with Crippen molar-refractivity contribution in [1.82, 2.24) is 4.98 Å². The molecule has 6 heteroatoms. The zero-order valence-corrected chi connectivity index (χ0v) is 12.3. The molecule has 0 aliphatic rings. The van der Waals surface area contributed by atoms with Gasteiger partial charge in [0.2, 0.25) is 5.76 Å². The fraction of sp³-hybridized carbons (Fsp3) is 0.214. The first-order valence-electron chi connectivity index (χ1n) is 6.02. The standard InChI is InChI=1S/C14H15N3O2S/c1-8-12(19-9(2)16-8)14(18)17(3)11-6-4-10(5-7-11)13(15)20/h4-7H,1-3H3,(H2,15,20). The first-order valence-corrected chi connectivity index (χ1v) is 6.43. The molecule has 104 valence electrons. The third kappa shape index (κ3) is 2.70. The van der Waals surface area contributed by atoms with Gasteiger partial charge in [-0.15, -0.1) is 0 Å². The van der Waals surface area contributed by atoms with E-state index >= 15 is 0 Å². The number of aryl methyl sites for hydroxylation is 2. The highest BCUT2D eigenvalue weighted by molar-refractivity contribution is 7.80. The van der Waals surface area contributed by atoms with Gasteiger partial charge in [0, 0.05) is 25.2 Å². The fourth-order valence-electron chi connectivity index (χ4n) is 1.85. The Morgan fingerprint density at radius 2 is 1.90 bits per heavy atom. The molecule has 2 aromatic rings. The summed E-state index contributed by atoms with van der Waals surface area (Å²) < 4.78 is 5.34. The van der Waals surface area contributed by atoms with Crippen LogP contribution in [0.2, 0.25) is 0 Å². The topological polar surface area (TPSA) is 72.4 Å². The van der Waals surface area contributed by atoms with Crippen LogP contribution < -0.4 is 10.6 Å². The highest BCUT2D eigenvalue weighted by Gasteiger charge is 2.21. The second kappa shape index (κ2) is 5.42. The number of thiocarbonyl (C=S) groups is 1. The Morgan fingerprint density at radius 3 is 2.35 bits per heavy atom. The first-order chi connectivity index (χ1) is 9.40. The molecule has 0 aliphatic carbocycles. The summed E-state index contributed by atoms with van der Waals surface area (Å²) in [6.07, 6.45) is 0. The molecule has 0 aliphatic heterocycles. The Balaban J connectivity index is 2.26. The molecule has 1 heterocycles. The van der Waals surface area contributed by atoms with Crippen LogP contribution in [0.25, 0.3) is 0 Å². The van der Waals surface area contributed by atoms with E-state index in [9.17, 15) is 4.79 Å². The van der Waals surface area contributed by atoms with Crippen LogP contribution in [0.15, 0.2) is 28.7 Å². The van der Waals surface area contributed by atoms with Gasteiger partial charge >= 0.3 is 0 Å². The number of nitrogens with zero attached hydrogens (tertiary/aromatic N) is 2. The third-order valence-electron chi connectivity index (χ3n) is 2.94. The van der Waals surface area contributed by atoms with Crippen LogP contribution in [0.5, 0.6) is 0 Å². The van der Waals surface area contributed by atoms with Crippen molar-refractivity contribution in [2.45, 2.75) is 13.8 Å². The molecule has 0 saturated carbocycles. The van der Waals surface area contributed by atoms with E-state index in [-0.39, 0.29) is 11.7 Å². The molecule has 2 rings (SSSR count). The van der Waals surface area contributed by atoms with Crippen molar-refractivity contribution in [1.29, 1.82) is 0 Å². The van der Waals surface area contributed by atoms with Gasteiger partial charge < -0.3 is 15.1 Å². The van der Waals surface area contributed by atoms with Crippen molar-refractivity contribution in [3.63, 3.8) is 0 Å². The summed E-state index contributed by atoms with van der Waals surface area (Å²) in [7, 11) is 1.68. The molecule has 1 aromatic carbocycles. The van der Waals surface area contributed by atoms with Crippen LogP contribution in [0.4, 0.5) is 5.69 Å². The summed E-state index contributed by atoms with van der Waals surface area (Å²) in [5.74, 6) is 0.484. The Bertz CT molecular complexity index is 662. The molecule has 1 amide bonds. The largest absolute Gasteiger partial charge is 0.436 e. The maximum absolute atomic E-state index is 12.3. The lowest BCUT2D eigenvalue weighted by molar-refractivity contribution is 0.0964. The van der Waals surface area contributed by atoms with Crippen LogP contribution in [0.1, 0.15) is 27.7 Å². The van der Waals surface area contributed by atoms with E-state index in [1.807, 2.05) is 0 Å². The Kier molecular flexibility index (Phi) is 3.85. The Morgan fingerprint density at radius 1 is 1.30 bits per heavy atom. The van der Waals surface area contributed by atoms with Crippen LogP contribution in [0.3, 0.4) is 0 Å². The van der Waals surface area contributed by atoms with E-state index < -0.39 is 0 Å². The lowest BCUT2D eigenvalue weighted by Crippen LogP contribution is -2.26. The smallest absolute Gasteiger partial charge is 0.295 e. The number of benzene rings is 1. The first kappa shape index (κ1) is 14.2. The van der Waals surface area contributed by atoms with Gasteiger partial charge in [-0.2, -0.15) is 0 Å². The minimum atomic E-state index is -0.244. The average molecular weight is 289 g/mol. The maximum atomic E-state index is 12.3. The van der Waals surface area contributed by atoms with E-state index in [1.54, 1.807) is 45.2 Å². The van der Waals surface area contributed by atoms with Gasteiger partial charge in [0.15, 0.2) is 5.89 Å². The molecule has 0 fully saturated rings. The van der Waals surface area contributed by atoms with E-state index in [0.29, 0.717) is 16.6 Å². The number of hydrogen-bond donors (Lipinski definition) is 1. The summed E-state index contributed by atoms with van der Waals surface area (Å²) in [5.41, 5.74) is 7.61. The van der Waals surface area contributed by atoms with Crippen molar-refractivity contribution in [2.75, 3.05) is 11.9 Å². The van der Waals surface area contributed by atoms with Gasteiger partial charge in [-0.05, 0) is 31.2 Å². The molecule has 0 spiro atoms. The van der Waals surface area contributed by atoms with Crippen molar-refractivity contribution in [2.24, 2.45) is 5.73 Å². The summed E-state index contributed by atoms with van der Waals surface area (Å²) in [6, 6.07) is 7.12. The van der Waals surface area contributed by atoms with E-state index in [0.717, 1.165) is 11.3 Å². The molecule has 0 bridgehead atoms. The summed E-state index contributed by atoms with van der Waals surface area (Å²) >= 11 is 4.89. The molecule has 2 N–H and O–H groups in total. The molecule has 1 aromatic heterocycles. The highest BCUT2D eigenvalue weighted by atomic mass is 32.1. The monoisotopic (exact) mass is 289 g/mol. The maximum Gasteiger partial charge on any atom is 0.295 e.